The van der Waals surface area contributed by atoms with Crippen molar-refractivity contribution in [2.45, 2.75) is 31.7 Å². The number of rotatable bonds is 4. The van der Waals surface area contributed by atoms with E-state index in [0.717, 1.165) is 30.4 Å². The molecule has 0 aromatic heterocycles. The van der Waals surface area contributed by atoms with Crippen LogP contribution in [0.5, 0.6) is 0 Å². The number of carbonyl (C=O) groups excluding carboxylic acids is 1. The highest BCUT2D eigenvalue weighted by Crippen LogP contribution is 2.39. The van der Waals surface area contributed by atoms with E-state index in [2.05, 4.69) is 36.2 Å². The molecule has 0 saturated heterocycles. The Bertz CT molecular complexity index is 509. The lowest BCUT2D eigenvalue weighted by Crippen LogP contribution is -2.29. The van der Waals surface area contributed by atoms with Crippen LogP contribution in [0, 0.1) is 0 Å². The summed E-state index contributed by atoms with van der Waals surface area (Å²) in [5.74, 6) is 0. The largest absolute Gasteiger partial charge is 0.235 e. The Morgan fingerprint density at radius 2 is 2.11 bits per heavy atom. The van der Waals surface area contributed by atoms with Gasteiger partial charge in [0.25, 0.3) is 0 Å². The van der Waals surface area contributed by atoms with Gasteiger partial charge in [-0.2, -0.15) is 4.99 Å². The minimum Gasteiger partial charge on any atom is -0.211 e. The molecule has 0 bridgehead atoms. The molecule has 0 radical (unpaired) electrons. The Morgan fingerprint density at radius 3 is 2.78 bits per heavy atom. The molecule has 0 amide bonds. The van der Waals surface area contributed by atoms with Crippen molar-refractivity contribution < 1.29 is 4.79 Å². The first-order valence-electron chi connectivity index (χ1n) is 6.34. The third-order valence-electron chi connectivity index (χ3n) is 3.36. The van der Waals surface area contributed by atoms with Crippen molar-refractivity contribution in [3.8, 4) is 0 Å². The quantitative estimate of drug-likeness (QED) is 0.578. The fourth-order valence-corrected chi connectivity index (χ4v) is 2.57. The van der Waals surface area contributed by atoms with Crippen molar-refractivity contribution in [3.05, 3.63) is 54.1 Å². The van der Waals surface area contributed by atoms with Gasteiger partial charge in [-0.25, -0.2) is 4.79 Å². The van der Waals surface area contributed by atoms with E-state index in [1.54, 1.807) is 6.08 Å². The van der Waals surface area contributed by atoms with Crippen molar-refractivity contribution in [1.82, 2.24) is 0 Å². The summed E-state index contributed by atoms with van der Waals surface area (Å²) in [6, 6.07) is 10.1. The van der Waals surface area contributed by atoms with Crippen molar-refractivity contribution in [1.29, 1.82) is 0 Å². The van der Waals surface area contributed by atoms with Gasteiger partial charge in [0.05, 0.1) is 0 Å². The fourth-order valence-electron chi connectivity index (χ4n) is 2.57. The SMILES string of the molecule is CCCC1(N=C=O)CC=CC=C1c1ccccc1. The van der Waals surface area contributed by atoms with Gasteiger partial charge in [-0.3, -0.25) is 0 Å². The van der Waals surface area contributed by atoms with E-state index in [9.17, 15) is 4.79 Å². The van der Waals surface area contributed by atoms with E-state index in [1.807, 2.05) is 24.3 Å². The van der Waals surface area contributed by atoms with Gasteiger partial charge in [0.15, 0.2) is 0 Å². The number of benzene rings is 1. The molecule has 0 heterocycles. The summed E-state index contributed by atoms with van der Waals surface area (Å²) in [5.41, 5.74) is 1.83. The average Bonchev–Trinajstić information content (AvgIpc) is 2.41. The summed E-state index contributed by atoms with van der Waals surface area (Å²) in [4.78, 5) is 14.9. The number of hydrogen-bond donors (Lipinski definition) is 0. The predicted molar refractivity (Wildman–Crippen MR) is 73.9 cm³/mol. The molecule has 0 saturated carbocycles. The Morgan fingerprint density at radius 1 is 1.33 bits per heavy atom. The number of hydrogen-bond acceptors (Lipinski definition) is 2. The molecule has 1 aromatic carbocycles. The van der Waals surface area contributed by atoms with E-state index in [0.29, 0.717) is 0 Å². The van der Waals surface area contributed by atoms with Crippen molar-refractivity contribution >= 4 is 11.7 Å². The average molecular weight is 239 g/mol. The van der Waals surface area contributed by atoms with Gasteiger partial charge >= 0.3 is 0 Å². The third kappa shape index (κ3) is 2.34. The molecule has 2 nitrogen and oxygen atoms in total. The minimum absolute atomic E-state index is 0.424. The molecule has 1 unspecified atom stereocenters. The standard InChI is InChI=1S/C16H17NO/c1-2-11-16(17-13-18)12-7-6-10-15(16)14-8-4-3-5-9-14/h3-10H,2,11-12H2,1H3. The number of isocyanates is 1. The maximum Gasteiger partial charge on any atom is 0.235 e. The normalized spacial score (nSPS) is 22.2. The highest BCUT2D eigenvalue weighted by Gasteiger charge is 2.34. The van der Waals surface area contributed by atoms with Crippen LogP contribution in [-0.4, -0.2) is 11.6 Å². The van der Waals surface area contributed by atoms with Crippen molar-refractivity contribution in [2.24, 2.45) is 4.99 Å². The Hall–Kier alpha value is -1.92. The van der Waals surface area contributed by atoms with Crippen LogP contribution in [0.25, 0.3) is 5.57 Å². The van der Waals surface area contributed by atoms with Crippen LogP contribution in [0.2, 0.25) is 0 Å². The second-order valence-corrected chi connectivity index (χ2v) is 4.56. The zero-order valence-corrected chi connectivity index (χ0v) is 10.6. The van der Waals surface area contributed by atoms with E-state index >= 15 is 0 Å². The second-order valence-electron chi connectivity index (χ2n) is 4.56. The molecule has 1 aliphatic rings. The number of nitrogens with zero attached hydrogens (tertiary/aromatic N) is 1. The lowest BCUT2D eigenvalue weighted by Gasteiger charge is -2.32. The molecule has 18 heavy (non-hydrogen) atoms. The maximum atomic E-state index is 10.8. The molecule has 0 spiro atoms. The summed E-state index contributed by atoms with van der Waals surface area (Å²) >= 11 is 0. The molecule has 0 aliphatic heterocycles. The molecular weight excluding hydrogens is 222 g/mol. The zero-order valence-electron chi connectivity index (χ0n) is 10.6. The van der Waals surface area contributed by atoms with E-state index in [-0.39, 0.29) is 0 Å². The van der Waals surface area contributed by atoms with Crippen LogP contribution in [0.1, 0.15) is 31.7 Å². The topological polar surface area (TPSA) is 29.4 Å². The van der Waals surface area contributed by atoms with Gasteiger partial charge in [0.1, 0.15) is 5.54 Å². The fraction of sp³-hybridized carbons (Fsp3) is 0.312. The Balaban J connectivity index is 2.49. The first-order chi connectivity index (χ1) is 8.82. The third-order valence-corrected chi connectivity index (χ3v) is 3.36. The summed E-state index contributed by atoms with van der Waals surface area (Å²) in [6.45, 7) is 2.11. The second kappa shape index (κ2) is 5.61. The molecule has 1 aliphatic carbocycles. The van der Waals surface area contributed by atoms with Crippen LogP contribution in [0.15, 0.2) is 53.6 Å². The summed E-state index contributed by atoms with van der Waals surface area (Å²) in [5, 5.41) is 0. The minimum atomic E-state index is -0.424. The van der Waals surface area contributed by atoms with Crippen LogP contribution in [-0.2, 0) is 4.79 Å². The molecule has 0 fully saturated rings. The predicted octanol–water partition coefficient (Wildman–Crippen LogP) is 3.90. The lowest BCUT2D eigenvalue weighted by molar-refractivity contribution is 0.488. The van der Waals surface area contributed by atoms with Gasteiger partial charge < -0.3 is 0 Å². The maximum absolute atomic E-state index is 10.8. The van der Waals surface area contributed by atoms with Gasteiger partial charge in [-0.05, 0) is 24.0 Å². The Kier molecular flexibility index (Phi) is 3.91. The molecule has 2 rings (SSSR count). The highest BCUT2D eigenvalue weighted by molar-refractivity contribution is 5.77. The number of allylic oxidation sites excluding steroid dienone is 2. The molecule has 92 valence electrons. The number of aliphatic imine (C=N–C) groups is 1. The van der Waals surface area contributed by atoms with Crippen LogP contribution < -0.4 is 0 Å². The van der Waals surface area contributed by atoms with Gasteiger partial charge in [-0.15, -0.1) is 0 Å². The van der Waals surface area contributed by atoms with Crippen molar-refractivity contribution in [2.75, 3.05) is 0 Å². The molecule has 2 heteroatoms. The molecular formula is C16H17NO. The molecule has 1 atom stereocenters. The summed E-state index contributed by atoms with van der Waals surface area (Å²) < 4.78 is 0. The monoisotopic (exact) mass is 239 g/mol. The van der Waals surface area contributed by atoms with Crippen LogP contribution >= 0.6 is 0 Å². The van der Waals surface area contributed by atoms with Gasteiger partial charge in [0.2, 0.25) is 6.08 Å². The van der Waals surface area contributed by atoms with Crippen LogP contribution in [0.3, 0.4) is 0 Å². The lowest BCUT2D eigenvalue weighted by atomic mass is 9.77. The Labute approximate surface area is 108 Å². The van der Waals surface area contributed by atoms with Crippen LogP contribution in [0.4, 0.5) is 0 Å². The van der Waals surface area contributed by atoms with E-state index < -0.39 is 5.54 Å². The van der Waals surface area contributed by atoms with Crippen molar-refractivity contribution in [3.63, 3.8) is 0 Å². The molecule has 0 N–H and O–H groups in total. The zero-order chi connectivity index (χ0) is 12.8. The molecule has 1 aromatic rings. The van der Waals surface area contributed by atoms with E-state index in [4.69, 9.17) is 0 Å². The smallest absolute Gasteiger partial charge is 0.211 e. The summed E-state index contributed by atoms with van der Waals surface area (Å²) in [7, 11) is 0. The van der Waals surface area contributed by atoms with E-state index in [1.165, 1.54) is 0 Å². The van der Waals surface area contributed by atoms with Gasteiger partial charge in [-0.1, -0.05) is 61.9 Å². The van der Waals surface area contributed by atoms with Gasteiger partial charge in [0, 0.05) is 0 Å². The highest BCUT2D eigenvalue weighted by atomic mass is 16.1. The summed E-state index contributed by atoms with van der Waals surface area (Å²) in [6.07, 6.45) is 10.6. The first-order valence-corrected chi connectivity index (χ1v) is 6.34. The first kappa shape index (κ1) is 12.5.